The number of carbonyl (C=O) groups is 1. The molecule has 11 nitrogen and oxygen atoms in total. The fraction of sp³-hybridized carbons (Fsp3) is 0.368. The number of nitrogens with zero attached hydrogens (tertiary/aromatic N) is 5. The Kier molecular flexibility index (Phi) is 5.27. The molecule has 1 fully saturated rings. The highest BCUT2D eigenvalue weighted by Crippen LogP contribution is 2.12. The number of rotatable bonds is 5. The number of nitrogens with one attached hydrogen (secondary N) is 1. The Morgan fingerprint density at radius 1 is 1.27 bits per heavy atom. The summed E-state index contributed by atoms with van der Waals surface area (Å²) >= 11 is 0. The van der Waals surface area contributed by atoms with Gasteiger partial charge in [0.15, 0.2) is 5.69 Å². The number of benzene rings is 1. The summed E-state index contributed by atoms with van der Waals surface area (Å²) in [6.07, 6.45) is 1.79. The third-order valence-corrected chi connectivity index (χ3v) is 4.80. The first-order valence-electron chi connectivity index (χ1n) is 9.45. The van der Waals surface area contributed by atoms with E-state index in [9.17, 15) is 14.4 Å². The third kappa shape index (κ3) is 3.79. The smallest absolute Gasteiger partial charge is 0.351 e. The van der Waals surface area contributed by atoms with E-state index in [1.54, 1.807) is 12.1 Å². The van der Waals surface area contributed by atoms with Crippen LogP contribution in [0.25, 0.3) is 17.2 Å². The van der Waals surface area contributed by atoms with E-state index in [1.165, 1.54) is 7.05 Å². The van der Waals surface area contributed by atoms with Crippen LogP contribution in [0.4, 0.5) is 0 Å². The SMILES string of the molecule is Cc1ccc(-n2nc(-c3noc(C(=O)NCC4CCCO4)n3)c(=O)n(C)c2=O)cc1. The number of aryl methyl sites for hydroxylation is 1. The maximum absolute atomic E-state index is 12.6. The van der Waals surface area contributed by atoms with Crippen molar-refractivity contribution in [1.82, 2.24) is 29.8 Å². The van der Waals surface area contributed by atoms with Gasteiger partial charge in [-0.15, -0.1) is 0 Å². The zero-order valence-corrected chi connectivity index (χ0v) is 16.5. The molecule has 4 rings (SSSR count). The van der Waals surface area contributed by atoms with Crippen LogP contribution in [0, 0.1) is 6.92 Å². The molecule has 3 aromatic rings. The standard InChI is InChI=1S/C19H20N6O5/c1-11-5-7-12(8-6-11)25-19(28)24(2)18(27)14(22-25)15-21-17(30-23-15)16(26)20-10-13-4-3-9-29-13/h5-8,13H,3-4,9-10H2,1-2H3,(H,20,26). The van der Waals surface area contributed by atoms with Crippen molar-refractivity contribution in [2.24, 2.45) is 7.05 Å². The minimum atomic E-state index is -0.699. The lowest BCUT2D eigenvalue weighted by Gasteiger charge is -2.08. The monoisotopic (exact) mass is 412 g/mol. The number of hydrogen-bond acceptors (Lipinski definition) is 8. The fourth-order valence-electron chi connectivity index (χ4n) is 3.07. The molecule has 1 aliphatic heterocycles. The van der Waals surface area contributed by atoms with Crippen LogP contribution in [0.1, 0.15) is 29.1 Å². The lowest BCUT2D eigenvalue weighted by molar-refractivity contribution is 0.0822. The fourth-order valence-corrected chi connectivity index (χ4v) is 3.07. The molecule has 1 atom stereocenters. The quantitative estimate of drug-likeness (QED) is 0.628. The minimum Gasteiger partial charge on any atom is -0.376 e. The van der Waals surface area contributed by atoms with Crippen LogP contribution in [0.3, 0.4) is 0 Å². The summed E-state index contributed by atoms with van der Waals surface area (Å²) in [5.41, 5.74) is -0.0464. The van der Waals surface area contributed by atoms with E-state index in [2.05, 4.69) is 20.6 Å². The van der Waals surface area contributed by atoms with Gasteiger partial charge in [0.2, 0.25) is 5.82 Å². The molecule has 0 bridgehead atoms. The molecule has 0 aliphatic carbocycles. The summed E-state index contributed by atoms with van der Waals surface area (Å²) in [6.45, 7) is 2.92. The van der Waals surface area contributed by atoms with Crippen LogP contribution in [-0.4, -0.2) is 49.7 Å². The predicted octanol–water partition coefficient (Wildman–Crippen LogP) is 0.198. The van der Waals surface area contributed by atoms with Gasteiger partial charge >= 0.3 is 17.5 Å². The van der Waals surface area contributed by atoms with Crippen LogP contribution in [0.5, 0.6) is 0 Å². The zero-order valence-electron chi connectivity index (χ0n) is 16.5. The zero-order chi connectivity index (χ0) is 21.3. The topological polar surface area (TPSA) is 134 Å². The Bertz CT molecular complexity index is 1190. The Morgan fingerprint density at radius 2 is 2.03 bits per heavy atom. The summed E-state index contributed by atoms with van der Waals surface area (Å²) < 4.78 is 12.4. The Morgan fingerprint density at radius 3 is 2.73 bits per heavy atom. The van der Waals surface area contributed by atoms with Gasteiger partial charge in [-0.3, -0.25) is 14.2 Å². The summed E-state index contributed by atoms with van der Waals surface area (Å²) in [4.78, 5) is 41.3. The van der Waals surface area contributed by atoms with Gasteiger partial charge < -0.3 is 14.6 Å². The van der Waals surface area contributed by atoms with Crippen molar-refractivity contribution in [3.63, 3.8) is 0 Å². The van der Waals surface area contributed by atoms with Crippen molar-refractivity contribution in [2.45, 2.75) is 25.9 Å². The lowest BCUT2D eigenvalue weighted by atomic mass is 10.2. The molecule has 1 saturated heterocycles. The first kappa shape index (κ1) is 19.7. The third-order valence-electron chi connectivity index (χ3n) is 4.80. The number of carbonyl (C=O) groups excluding carboxylic acids is 1. The molecule has 1 amide bonds. The number of ether oxygens (including phenoxy) is 1. The highest BCUT2D eigenvalue weighted by atomic mass is 16.5. The number of aromatic nitrogens is 5. The second-order valence-electron chi connectivity index (χ2n) is 7.01. The van der Waals surface area contributed by atoms with Gasteiger partial charge in [0.25, 0.3) is 5.56 Å². The average Bonchev–Trinajstić information content (AvgIpc) is 3.44. The average molecular weight is 412 g/mol. The van der Waals surface area contributed by atoms with E-state index in [1.807, 2.05) is 19.1 Å². The number of amides is 1. The van der Waals surface area contributed by atoms with E-state index in [0.29, 0.717) is 18.8 Å². The molecule has 1 aliphatic rings. The van der Waals surface area contributed by atoms with Gasteiger partial charge in [-0.2, -0.15) is 14.8 Å². The minimum absolute atomic E-state index is 0.0385. The largest absolute Gasteiger partial charge is 0.376 e. The van der Waals surface area contributed by atoms with Crippen molar-refractivity contribution in [1.29, 1.82) is 0 Å². The van der Waals surface area contributed by atoms with Crippen LogP contribution in [0.2, 0.25) is 0 Å². The molecule has 11 heteroatoms. The Hall–Kier alpha value is -3.60. The van der Waals surface area contributed by atoms with Crippen molar-refractivity contribution in [3.05, 3.63) is 56.6 Å². The molecule has 30 heavy (non-hydrogen) atoms. The first-order chi connectivity index (χ1) is 14.4. The molecular formula is C19H20N6O5. The highest BCUT2D eigenvalue weighted by Gasteiger charge is 2.23. The van der Waals surface area contributed by atoms with Crippen molar-refractivity contribution < 1.29 is 14.1 Å². The van der Waals surface area contributed by atoms with Crippen molar-refractivity contribution in [2.75, 3.05) is 13.2 Å². The molecule has 2 aromatic heterocycles. The Labute approximate surface area is 170 Å². The summed E-state index contributed by atoms with van der Waals surface area (Å²) in [7, 11) is 1.33. The second kappa shape index (κ2) is 8.03. The Balaban J connectivity index is 1.64. The van der Waals surface area contributed by atoms with Gasteiger partial charge in [0.1, 0.15) is 0 Å². The van der Waals surface area contributed by atoms with Crippen LogP contribution >= 0.6 is 0 Å². The molecule has 0 spiro atoms. The van der Waals surface area contributed by atoms with Gasteiger partial charge in [-0.25, -0.2) is 4.79 Å². The predicted molar refractivity (Wildman–Crippen MR) is 104 cm³/mol. The molecule has 0 saturated carbocycles. The van der Waals surface area contributed by atoms with Crippen LogP contribution in [-0.2, 0) is 11.8 Å². The van der Waals surface area contributed by atoms with Gasteiger partial charge in [0, 0.05) is 20.2 Å². The second-order valence-corrected chi connectivity index (χ2v) is 7.01. The van der Waals surface area contributed by atoms with Crippen LogP contribution < -0.4 is 16.6 Å². The summed E-state index contributed by atoms with van der Waals surface area (Å²) in [6, 6.07) is 7.05. The van der Waals surface area contributed by atoms with Gasteiger partial charge in [0.05, 0.1) is 11.8 Å². The van der Waals surface area contributed by atoms with Gasteiger partial charge in [-0.05, 0) is 31.9 Å². The highest BCUT2D eigenvalue weighted by molar-refractivity contribution is 5.89. The van der Waals surface area contributed by atoms with E-state index in [-0.39, 0.29) is 23.5 Å². The molecule has 0 radical (unpaired) electrons. The van der Waals surface area contributed by atoms with E-state index in [0.717, 1.165) is 27.7 Å². The number of hydrogen-bond donors (Lipinski definition) is 1. The summed E-state index contributed by atoms with van der Waals surface area (Å²) in [5, 5.41) is 10.5. The van der Waals surface area contributed by atoms with E-state index < -0.39 is 17.2 Å². The first-order valence-corrected chi connectivity index (χ1v) is 9.45. The van der Waals surface area contributed by atoms with Gasteiger partial charge in [-0.1, -0.05) is 22.9 Å². The summed E-state index contributed by atoms with van der Waals surface area (Å²) in [5.74, 6) is -1.06. The van der Waals surface area contributed by atoms with E-state index in [4.69, 9.17) is 9.26 Å². The molecule has 1 aromatic carbocycles. The normalized spacial score (nSPS) is 16.0. The maximum Gasteiger partial charge on any atom is 0.351 e. The lowest BCUT2D eigenvalue weighted by Crippen LogP contribution is -2.40. The van der Waals surface area contributed by atoms with Crippen LogP contribution in [0.15, 0.2) is 38.4 Å². The molecule has 1 unspecified atom stereocenters. The van der Waals surface area contributed by atoms with Crippen molar-refractivity contribution >= 4 is 5.91 Å². The molecular weight excluding hydrogens is 392 g/mol. The maximum atomic E-state index is 12.6. The molecule has 156 valence electrons. The van der Waals surface area contributed by atoms with Crippen molar-refractivity contribution in [3.8, 4) is 17.2 Å². The molecule has 3 heterocycles. The van der Waals surface area contributed by atoms with E-state index >= 15 is 0 Å². The molecule has 1 N–H and O–H groups in total.